The maximum Gasteiger partial charge on any atom is 0.355 e. The minimum atomic E-state index is -0.505. The molecule has 0 atom stereocenters. The fourth-order valence-corrected chi connectivity index (χ4v) is 3.52. The molecule has 0 fully saturated rings. The zero-order chi connectivity index (χ0) is 22.5. The molecule has 8 heteroatoms. The van der Waals surface area contributed by atoms with Crippen molar-refractivity contribution in [2.75, 3.05) is 11.9 Å². The van der Waals surface area contributed by atoms with E-state index in [2.05, 4.69) is 5.32 Å². The summed E-state index contributed by atoms with van der Waals surface area (Å²) in [5.41, 5.74) is 3.19. The van der Waals surface area contributed by atoms with Gasteiger partial charge in [-0.15, -0.1) is 0 Å². The molecule has 3 rings (SSSR count). The van der Waals surface area contributed by atoms with Crippen LogP contribution in [-0.2, 0) is 11.3 Å². The number of nitrogens with one attached hydrogen (secondary N) is 1. The Kier molecular flexibility index (Phi) is 6.49. The third-order valence-electron chi connectivity index (χ3n) is 4.98. The molecule has 0 spiro atoms. The van der Waals surface area contributed by atoms with Gasteiger partial charge in [0.1, 0.15) is 5.69 Å². The number of nitro groups is 1. The van der Waals surface area contributed by atoms with E-state index in [-0.39, 0.29) is 12.3 Å². The number of non-ortho nitro benzene ring substituents is 1. The third-order valence-corrected chi connectivity index (χ3v) is 4.98. The third kappa shape index (κ3) is 4.63. The minimum Gasteiger partial charge on any atom is -0.461 e. The molecule has 0 bridgehead atoms. The van der Waals surface area contributed by atoms with Crippen molar-refractivity contribution in [3.63, 3.8) is 0 Å². The monoisotopic (exact) mass is 421 g/mol. The van der Waals surface area contributed by atoms with Crippen molar-refractivity contribution in [3.05, 3.63) is 92.8 Å². The number of hydrogen-bond acceptors (Lipinski definition) is 5. The number of carbonyl (C=O) groups is 2. The molecule has 1 N–H and O–H groups in total. The van der Waals surface area contributed by atoms with Gasteiger partial charge in [0.2, 0.25) is 0 Å². The fraction of sp³-hybridized carbons (Fsp3) is 0.217. The lowest BCUT2D eigenvalue weighted by atomic mass is 10.1. The number of benzene rings is 2. The van der Waals surface area contributed by atoms with Crippen LogP contribution in [0.3, 0.4) is 0 Å². The molecular weight excluding hydrogens is 398 g/mol. The molecule has 0 saturated heterocycles. The van der Waals surface area contributed by atoms with Crippen molar-refractivity contribution in [1.29, 1.82) is 0 Å². The molecule has 2 aromatic carbocycles. The van der Waals surface area contributed by atoms with E-state index in [4.69, 9.17) is 4.74 Å². The van der Waals surface area contributed by atoms with Gasteiger partial charge in [0.05, 0.1) is 17.1 Å². The van der Waals surface area contributed by atoms with Crippen LogP contribution in [0.5, 0.6) is 0 Å². The first-order chi connectivity index (χ1) is 14.8. The van der Waals surface area contributed by atoms with Gasteiger partial charge < -0.3 is 14.6 Å². The predicted octanol–water partition coefficient (Wildman–Crippen LogP) is 4.49. The van der Waals surface area contributed by atoms with Gasteiger partial charge in [0.25, 0.3) is 11.6 Å². The molecule has 31 heavy (non-hydrogen) atoms. The van der Waals surface area contributed by atoms with Crippen LogP contribution in [0.25, 0.3) is 0 Å². The van der Waals surface area contributed by atoms with E-state index < -0.39 is 16.8 Å². The number of hydrogen-bond donors (Lipinski definition) is 1. The molecule has 1 heterocycles. The van der Waals surface area contributed by atoms with Crippen LogP contribution in [0.15, 0.2) is 54.6 Å². The van der Waals surface area contributed by atoms with Gasteiger partial charge in [0.15, 0.2) is 0 Å². The Morgan fingerprint density at radius 1 is 1.06 bits per heavy atom. The quantitative estimate of drug-likeness (QED) is 0.344. The fourth-order valence-electron chi connectivity index (χ4n) is 3.52. The van der Waals surface area contributed by atoms with Crippen LogP contribution < -0.4 is 5.32 Å². The molecule has 0 unspecified atom stereocenters. The van der Waals surface area contributed by atoms with E-state index in [0.717, 1.165) is 5.56 Å². The van der Waals surface area contributed by atoms with Crippen molar-refractivity contribution in [3.8, 4) is 0 Å². The van der Waals surface area contributed by atoms with E-state index >= 15 is 0 Å². The van der Waals surface area contributed by atoms with E-state index in [9.17, 15) is 19.7 Å². The average Bonchev–Trinajstić information content (AvgIpc) is 2.99. The second-order valence-electron chi connectivity index (χ2n) is 6.98. The molecule has 1 aromatic heterocycles. The van der Waals surface area contributed by atoms with Crippen molar-refractivity contribution < 1.29 is 19.2 Å². The predicted molar refractivity (Wildman–Crippen MR) is 116 cm³/mol. The second-order valence-corrected chi connectivity index (χ2v) is 6.98. The Balaban J connectivity index is 1.99. The van der Waals surface area contributed by atoms with E-state index in [1.54, 1.807) is 25.3 Å². The number of esters is 1. The van der Waals surface area contributed by atoms with Crippen molar-refractivity contribution >= 4 is 23.3 Å². The molecule has 0 aliphatic rings. The van der Waals surface area contributed by atoms with Crippen LogP contribution in [0.4, 0.5) is 11.4 Å². The average molecular weight is 421 g/mol. The Bertz CT molecular complexity index is 1120. The summed E-state index contributed by atoms with van der Waals surface area (Å²) in [6.45, 7) is 5.85. The molecule has 8 nitrogen and oxygen atoms in total. The molecule has 0 aliphatic carbocycles. The molecule has 160 valence electrons. The molecule has 0 saturated carbocycles. The number of carbonyl (C=O) groups excluding carboxylic acids is 2. The number of ether oxygens (including phenoxy) is 1. The topological polar surface area (TPSA) is 103 Å². The Morgan fingerprint density at radius 3 is 2.29 bits per heavy atom. The molecule has 0 aliphatic heterocycles. The summed E-state index contributed by atoms with van der Waals surface area (Å²) in [6.07, 6.45) is 0. The second kappa shape index (κ2) is 9.25. The summed E-state index contributed by atoms with van der Waals surface area (Å²) >= 11 is 0. The summed E-state index contributed by atoms with van der Waals surface area (Å²) in [5.74, 6) is -0.894. The first-order valence-electron chi connectivity index (χ1n) is 9.80. The van der Waals surface area contributed by atoms with Gasteiger partial charge in [-0.1, -0.05) is 30.3 Å². The highest BCUT2D eigenvalue weighted by Crippen LogP contribution is 2.26. The van der Waals surface area contributed by atoms with Crippen LogP contribution in [0, 0.1) is 24.0 Å². The van der Waals surface area contributed by atoms with Crippen LogP contribution in [0.2, 0.25) is 0 Å². The first kappa shape index (κ1) is 21.8. The first-order valence-corrected chi connectivity index (χ1v) is 9.80. The summed E-state index contributed by atoms with van der Waals surface area (Å²) in [5, 5.41) is 13.6. The minimum absolute atomic E-state index is 0.0658. The molecule has 0 radical (unpaired) electrons. The van der Waals surface area contributed by atoms with Gasteiger partial charge in [-0.25, -0.2) is 4.79 Å². The van der Waals surface area contributed by atoms with Gasteiger partial charge in [0, 0.05) is 30.1 Å². The number of aromatic nitrogens is 1. The number of amides is 1. The summed E-state index contributed by atoms with van der Waals surface area (Å²) in [7, 11) is 0. The summed E-state index contributed by atoms with van der Waals surface area (Å²) in [6, 6.07) is 15.2. The lowest BCUT2D eigenvalue weighted by molar-refractivity contribution is -0.384. The maximum atomic E-state index is 13.1. The highest BCUT2D eigenvalue weighted by molar-refractivity contribution is 6.08. The number of anilines is 1. The lowest BCUT2D eigenvalue weighted by Crippen LogP contribution is -2.15. The highest BCUT2D eigenvalue weighted by Gasteiger charge is 2.27. The summed E-state index contributed by atoms with van der Waals surface area (Å²) in [4.78, 5) is 36.1. The molecule has 3 aromatic rings. The standard InChI is InChI=1S/C23H23N3O5/c1-4-31-23(28)21-15(2)20(16(3)25(21)14-17-8-6-5-7-9-17)22(27)24-18-10-12-19(13-11-18)26(29)30/h5-13H,4,14H2,1-3H3,(H,24,27). The highest BCUT2D eigenvalue weighted by atomic mass is 16.6. The zero-order valence-electron chi connectivity index (χ0n) is 17.5. The van der Waals surface area contributed by atoms with Crippen LogP contribution in [-0.4, -0.2) is 28.0 Å². The Labute approximate surface area is 179 Å². The molecule has 1 amide bonds. The van der Waals surface area contributed by atoms with E-state index in [1.807, 2.05) is 30.3 Å². The van der Waals surface area contributed by atoms with Crippen molar-refractivity contribution in [2.45, 2.75) is 27.3 Å². The largest absolute Gasteiger partial charge is 0.461 e. The van der Waals surface area contributed by atoms with E-state index in [0.29, 0.717) is 34.7 Å². The molecular formula is C23H23N3O5. The van der Waals surface area contributed by atoms with Gasteiger partial charge in [-0.2, -0.15) is 0 Å². The Morgan fingerprint density at radius 2 is 1.71 bits per heavy atom. The van der Waals surface area contributed by atoms with Gasteiger partial charge in [-0.05, 0) is 44.0 Å². The van der Waals surface area contributed by atoms with Gasteiger partial charge >= 0.3 is 5.97 Å². The zero-order valence-corrected chi connectivity index (χ0v) is 17.5. The maximum absolute atomic E-state index is 13.1. The smallest absolute Gasteiger partial charge is 0.355 e. The number of nitrogens with zero attached hydrogens (tertiary/aromatic N) is 2. The number of nitro benzene ring substituents is 1. The SMILES string of the molecule is CCOC(=O)c1c(C)c(C(=O)Nc2ccc([N+](=O)[O-])cc2)c(C)n1Cc1ccccc1. The van der Waals surface area contributed by atoms with Crippen LogP contribution in [0.1, 0.15) is 44.6 Å². The van der Waals surface area contributed by atoms with Gasteiger partial charge in [-0.3, -0.25) is 14.9 Å². The van der Waals surface area contributed by atoms with Crippen LogP contribution >= 0.6 is 0 Å². The van der Waals surface area contributed by atoms with Crippen molar-refractivity contribution in [1.82, 2.24) is 4.57 Å². The number of rotatable bonds is 7. The summed E-state index contributed by atoms with van der Waals surface area (Å²) < 4.78 is 7.02. The van der Waals surface area contributed by atoms with E-state index in [1.165, 1.54) is 24.3 Å². The normalized spacial score (nSPS) is 10.5. The Hall–Kier alpha value is -3.94. The lowest BCUT2D eigenvalue weighted by Gasteiger charge is -2.12. The van der Waals surface area contributed by atoms with Crippen molar-refractivity contribution in [2.24, 2.45) is 0 Å².